The summed E-state index contributed by atoms with van der Waals surface area (Å²) in [6, 6.07) is 5.39. The third kappa shape index (κ3) is 4.66. The molecule has 0 aromatic heterocycles. The Kier molecular flexibility index (Phi) is 5.98. The van der Waals surface area contributed by atoms with Gasteiger partial charge in [0.15, 0.2) is 0 Å². The Morgan fingerprint density at radius 1 is 1.25 bits per heavy atom. The minimum absolute atomic E-state index is 0.00199. The zero-order chi connectivity index (χ0) is 20.5. The van der Waals surface area contributed by atoms with Crippen molar-refractivity contribution in [3.05, 3.63) is 35.4 Å². The Labute approximate surface area is 162 Å². The Balaban J connectivity index is 1.55. The summed E-state index contributed by atoms with van der Waals surface area (Å²) in [6.07, 6.45) is -2.37. The summed E-state index contributed by atoms with van der Waals surface area (Å²) in [5.74, 6) is -1.25. The number of rotatable bonds is 6. The van der Waals surface area contributed by atoms with Crippen molar-refractivity contribution >= 4 is 11.9 Å². The normalized spacial score (nSPS) is 23.1. The van der Waals surface area contributed by atoms with Crippen LogP contribution in [0.3, 0.4) is 0 Å². The van der Waals surface area contributed by atoms with Gasteiger partial charge < -0.3 is 10.0 Å². The summed E-state index contributed by atoms with van der Waals surface area (Å²) < 4.78 is 38.7. The molecule has 1 saturated carbocycles. The van der Waals surface area contributed by atoms with E-state index in [2.05, 4.69) is 0 Å². The largest absolute Gasteiger partial charge is 0.480 e. The molecule has 1 saturated heterocycles. The number of carboxylic acids is 1. The highest BCUT2D eigenvalue weighted by Crippen LogP contribution is 2.49. The van der Waals surface area contributed by atoms with E-state index in [4.69, 9.17) is 5.11 Å². The predicted molar refractivity (Wildman–Crippen MR) is 96.8 cm³/mol. The van der Waals surface area contributed by atoms with Crippen molar-refractivity contribution in [1.29, 1.82) is 0 Å². The number of halogens is 3. The molecule has 1 aliphatic heterocycles. The van der Waals surface area contributed by atoms with Crippen LogP contribution >= 0.6 is 0 Å². The fourth-order valence-corrected chi connectivity index (χ4v) is 4.14. The lowest BCUT2D eigenvalue weighted by Gasteiger charge is -2.37. The minimum atomic E-state index is -4.38. The number of amides is 1. The first-order chi connectivity index (χ1) is 13.2. The van der Waals surface area contributed by atoms with E-state index < -0.39 is 17.7 Å². The molecular weight excluding hydrogens is 373 g/mol. The van der Waals surface area contributed by atoms with Gasteiger partial charge in [-0.2, -0.15) is 13.2 Å². The molecule has 1 aliphatic carbocycles. The van der Waals surface area contributed by atoms with Crippen LogP contribution in [-0.4, -0.2) is 59.0 Å². The Hall–Kier alpha value is -2.09. The number of benzene rings is 1. The number of likely N-dealkylation sites (tertiary alicyclic amines) is 1. The van der Waals surface area contributed by atoms with Gasteiger partial charge in [-0.15, -0.1) is 0 Å². The van der Waals surface area contributed by atoms with Crippen LogP contribution in [0.2, 0.25) is 0 Å². The highest BCUT2D eigenvalue weighted by Gasteiger charge is 2.47. The van der Waals surface area contributed by atoms with Gasteiger partial charge in [-0.25, -0.2) is 0 Å². The maximum atomic E-state index is 12.9. The molecule has 154 valence electrons. The number of hydrogen-bond donors (Lipinski definition) is 1. The number of piperidine rings is 1. The van der Waals surface area contributed by atoms with Crippen LogP contribution in [0.1, 0.15) is 43.2 Å². The van der Waals surface area contributed by atoms with Crippen molar-refractivity contribution in [2.45, 2.75) is 44.3 Å². The van der Waals surface area contributed by atoms with Crippen LogP contribution in [0.25, 0.3) is 0 Å². The van der Waals surface area contributed by atoms with E-state index in [0.29, 0.717) is 44.5 Å². The quantitative estimate of drug-likeness (QED) is 0.800. The highest BCUT2D eigenvalue weighted by molar-refractivity contribution is 5.83. The number of hydrogen-bond acceptors (Lipinski definition) is 3. The van der Waals surface area contributed by atoms with Crippen LogP contribution in [0.5, 0.6) is 0 Å². The SMILES string of the molecule is CCN(CC(=O)O)C1CCN(C(=O)[C@@H]2C[C@H]2c2cccc(C(F)(F)F)c2)CC1. The first-order valence-corrected chi connectivity index (χ1v) is 9.62. The molecule has 0 spiro atoms. The molecule has 5 nitrogen and oxygen atoms in total. The average molecular weight is 398 g/mol. The highest BCUT2D eigenvalue weighted by atomic mass is 19.4. The fourth-order valence-electron chi connectivity index (χ4n) is 4.14. The molecule has 2 atom stereocenters. The first kappa shape index (κ1) is 20.6. The zero-order valence-corrected chi connectivity index (χ0v) is 15.8. The van der Waals surface area contributed by atoms with Crippen molar-refractivity contribution < 1.29 is 27.9 Å². The minimum Gasteiger partial charge on any atom is -0.480 e. The molecule has 2 fully saturated rings. The molecule has 3 rings (SSSR count). The van der Waals surface area contributed by atoms with E-state index in [1.54, 1.807) is 11.0 Å². The fraction of sp³-hybridized carbons (Fsp3) is 0.600. The molecule has 1 N–H and O–H groups in total. The smallest absolute Gasteiger partial charge is 0.416 e. The number of aliphatic carboxylic acids is 1. The molecule has 1 amide bonds. The second-order valence-corrected chi connectivity index (χ2v) is 7.59. The van der Waals surface area contributed by atoms with Crippen LogP contribution in [0.15, 0.2) is 24.3 Å². The lowest BCUT2D eigenvalue weighted by molar-refractivity contribution is -0.140. The Morgan fingerprint density at radius 2 is 1.93 bits per heavy atom. The van der Waals surface area contributed by atoms with E-state index in [-0.39, 0.29) is 30.3 Å². The van der Waals surface area contributed by atoms with E-state index in [9.17, 15) is 22.8 Å². The topological polar surface area (TPSA) is 60.9 Å². The molecule has 0 unspecified atom stereocenters. The maximum absolute atomic E-state index is 12.9. The summed E-state index contributed by atoms with van der Waals surface area (Å²) in [6.45, 7) is 3.68. The van der Waals surface area contributed by atoms with Gasteiger partial charge in [-0.05, 0) is 43.4 Å². The second kappa shape index (κ2) is 8.11. The van der Waals surface area contributed by atoms with Gasteiger partial charge >= 0.3 is 12.1 Å². The lowest BCUT2D eigenvalue weighted by atomic mass is 10.0. The van der Waals surface area contributed by atoms with E-state index >= 15 is 0 Å². The zero-order valence-electron chi connectivity index (χ0n) is 15.8. The molecule has 8 heteroatoms. The monoisotopic (exact) mass is 398 g/mol. The third-order valence-electron chi connectivity index (χ3n) is 5.79. The van der Waals surface area contributed by atoms with Crippen molar-refractivity contribution in [1.82, 2.24) is 9.80 Å². The standard InChI is InChI=1S/C20H25F3N2O3/c1-2-24(12-18(26)27)15-6-8-25(9-7-15)19(28)17-11-16(17)13-4-3-5-14(10-13)20(21,22)23/h3-5,10,15-17H,2,6-9,11-12H2,1H3,(H,26,27)/t16-,17+/m0/s1. The molecule has 0 bridgehead atoms. The van der Waals surface area contributed by atoms with Crippen LogP contribution < -0.4 is 0 Å². The predicted octanol–water partition coefficient (Wildman–Crippen LogP) is 3.21. The summed E-state index contributed by atoms with van der Waals surface area (Å²) in [5.41, 5.74) is -0.108. The van der Waals surface area contributed by atoms with Gasteiger partial charge in [0.05, 0.1) is 12.1 Å². The second-order valence-electron chi connectivity index (χ2n) is 7.59. The molecule has 2 aliphatic rings. The van der Waals surface area contributed by atoms with Gasteiger partial charge in [0.2, 0.25) is 5.91 Å². The van der Waals surface area contributed by atoms with Crippen molar-refractivity contribution in [3.63, 3.8) is 0 Å². The van der Waals surface area contributed by atoms with Crippen LogP contribution in [0, 0.1) is 5.92 Å². The van der Waals surface area contributed by atoms with E-state index in [1.807, 2.05) is 11.8 Å². The third-order valence-corrected chi connectivity index (χ3v) is 5.79. The summed E-state index contributed by atoms with van der Waals surface area (Å²) in [5, 5.41) is 9.00. The van der Waals surface area contributed by atoms with Crippen molar-refractivity contribution in [3.8, 4) is 0 Å². The first-order valence-electron chi connectivity index (χ1n) is 9.62. The molecule has 1 heterocycles. The van der Waals surface area contributed by atoms with Crippen molar-refractivity contribution in [2.24, 2.45) is 5.92 Å². The van der Waals surface area contributed by atoms with Gasteiger partial charge in [0, 0.05) is 25.0 Å². The van der Waals surface area contributed by atoms with Gasteiger partial charge in [0.25, 0.3) is 0 Å². The molecule has 28 heavy (non-hydrogen) atoms. The van der Waals surface area contributed by atoms with Gasteiger partial charge in [-0.3, -0.25) is 14.5 Å². The van der Waals surface area contributed by atoms with Gasteiger partial charge in [0.1, 0.15) is 0 Å². The van der Waals surface area contributed by atoms with E-state index in [1.165, 1.54) is 6.07 Å². The number of carbonyl (C=O) groups excluding carboxylic acids is 1. The number of carbonyl (C=O) groups is 2. The number of alkyl halides is 3. The lowest BCUT2D eigenvalue weighted by Crippen LogP contribution is -2.48. The number of carboxylic acid groups (broad SMARTS) is 1. The number of likely N-dealkylation sites (N-methyl/N-ethyl adjacent to an activating group) is 1. The number of nitrogens with zero attached hydrogens (tertiary/aromatic N) is 2. The van der Waals surface area contributed by atoms with Crippen molar-refractivity contribution in [2.75, 3.05) is 26.2 Å². The average Bonchev–Trinajstić information content (AvgIpc) is 3.46. The summed E-state index contributed by atoms with van der Waals surface area (Å²) >= 11 is 0. The van der Waals surface area contributed by atoms with Gasteiger partial charge in [-0.1, -0.05) is 25.1 Å². The van der Waals surface area contributed by atoms with Crippen LogP contribution in [0.4, 0.5) is 13.2 Å². The molecular formula is C20H25F3N2O3. The maximum Gasteiger partial charge on any atom is 0.416 e. The molecule has 0 radical (unpaired) electrons. The van der Waals surface area contributed by atoms with E-state index in [0.717, 1.165) is 12.1 Å². The molecule has 1 aromatic carbocycles. The molecule has 1 aromatic rings. The summed E-state index contributed by atoms with van der Waals surface area (Å²) in [4.78, 5) is 27.4. The Bertz CT molecular complexity index is 730. The summed E-state index contributed by atoms with van der Waals surface area (Å²) in [7, 11) is 0. The van der Waals surface area contributed by atoms with Crippen LogP contribution in [-0.2, 0) is 15.8 Å². The Morgan fingerprint density at radius 3 is 2.50 bits per heavy atom.